The van der Waals surface area contributed by atoms with E-state index >= 15 is 4.39 Å². The maximum Gasteiger partial charge on any atom is 0.495 e. The standard InChI is InChI=1S/C22H27BFN3O3/c1-21(2)22(3,4)30-23(29-21)15-10-17(24)16(18(11-15)26(5)6)13-27-12-14-8-7-9-25-19(14)20(27)28/h7-11H,12-13H2,1-6H3. The van der Waals surface area contributed by atoms with Gasteiger partial charge in [-0.2, -0.15) is 0 Å². The molecule has 1 aromatic heterocycles. The molecule has 1 aromatic carbocycles. The van der Waals surface area contributed by atoms with Crippen molar-refractivity contribution in [2.75, 3.05) is 19.0 Å². The van der Waals surface area contributed by atoms with Crippen LogP contribution in [0.1, 0.15) is 49.3 Å². The smallest absolute Gasteiger partial charge is 0.399 e. The summed E-state index contributed by atoms with van der Waals surface area (Å²) in [6.07, 6.45) is 1.60. The van der Waals surface area contributed by atoms with Crippen molar-refractivity contribution in [1.82, 2.24) is 9.88 Å². The number of rotatable bonds is 4. The fourth-order valence-corrected chi connectivity index (χ4v) is 3.82. The molecule has 0 N–H and O–H groups in total. The summed E-state index contributed by atoms with van der Waals surface area (Å²) in [6, 6.07) is 7.02. The van der Waals surface area contributed by atoms with E-state index in [1.165, 1.54) is 6.07 Å². The minimum Gasteiger partial charge on any atom is -0.399 e. The predicted octanol–water partition coefficient (Wildman–Crippen LogP) is 2.74. The summed E-state index contributed by atoms with van der Waals surface area (Å²) in [5.74, 6) is -0.563. The lowest BCUT2D eigenvalue weighted by molar-refractivity contribution is 0.00578. The van der Waals surface area contributed by atoms with Gasteiger partial charge < -0.3 is 19.1 Å². The highest BCUT2D eigenvalue weighted by atomic mass is 19.1. The Hall–Kier alpha value is -2.45. The van der Waals surface area contributed by atoms with Crippen LogP contribution in [0.2, 0.25) is 0 Å². The first kappa shape index (κ1) is 20.8. The third-order valence-corrected chi connectivity index (χ3v) is 6.29. The van der Waals surface area contributed by atoms with Gasteiger partial charge in [-0.1, -0.05) is 6.07 Å². The van der Waals surface area contributed by atoms with Gasteiger partial charge in [0, 0.05) is 43.7 Å². The molecule has 8 heteroatoms. The van der Waals surface area contributed by atoms with Gasteiger partial charge in [-0.3, -0.25) is 9.78 Å². The zero-order chi connectivity index (χ0) is 21.8. The van der Waals surface area contributed by atoms with Crippen LogP contribution >= 0.6 is 0 Å². The van der Waals surface area contributed by atoms with E-state index in [0.29, 0.717) is 29.0 Å². The molecule has 0 aliphatic carbocycles. The average molecular weight is 411 g/mol. The van der Waals surface area contributed by atoms with E-state index in [9.17, 15) is 4.79 Å². The second-order valence-corrected chi connectivity index (χ2v) is 9.16. The molecule has 0 radical (unpaired) electrons. The summed E-state index contributed by atoms with van der Waals surface area (Å²) in [7, 11) is 3.06. The summed E-state index contributed by atoms with van der Waals surface area (Å²) >= 11 is 0. The van der Waals surface area contributed by atoms with Crippen LogP contribution in [0.4, 0.5) is 10.1 Å². The van der Waals surface area contributed by atoms with Gasteiger partial charge in [-0.15, -0.1) is 0 Å². The van der Waals surface area contributed by atoms with E-state index in [0.717, 1.165) is 5.56 Å². The molecule has 4 rings (SSSR count). The second-order valence-electron chi connectivity index (χ2n) is 9.16. The number of benzene rings is 1. The van der Waals surface area contributed by atoms with Crippen molar-refractivity contribution < 1.29 is 18.5 Å². The molecule has 0 unspecified atom stereocenters. The fourth-order valence-electron chi connectivity index (χ4n) is 3.82. The Labute approximate surface area is 177 Å². The third kappa shape index (κ3) is 3.38. The number of amides is 1. The zero-order valence-corrected chi connectivity index (χ0v) is 18.3. The molecule has 158 valence electrons. The van der Waals surface area contributed by atoms with Crippen LogP contribution in [-0.4, -0.2) is 48.2 Å². The molecule has 1 fully saturated rings. The van der Waals surface area contributed by atoms with Gasteiger partial charge >= 0.3 is 7.12 Å². The van der Waals surface area contributed by atoms with Crippen LogP contribution < -0.4 is 10.4 Å². The number of hydrogen-bond acceptors (Lipinski definition) is 5. The summed E-state index contributed by atoms with van der Waals surface area (Å²) in [6.45, 7) is 8.46. The van der Waals surface area contributed by atoms with Crippen LogP contribution in [0.15, 0.2) is 30.5 Å². The number of hydrogen-bond donors (Lipinski definition) is 0. The maximum absolute atomic E-state index is 15.3. The highest BCUT2D eigenvalue weighted by molar-refractivity contribution is 6.62. The molecule has 0 saturated carbocycles. The van der Waals surface area contributed by atoms with Crippen LogP contribution in [-0.2, 0) is 22.4 Å². The van der Waals surface area contributed by atoms with Gasteiger partial charge in [0.05, 0.1) is 17.7 Å². The van der Waals surface area contributed by atoms with Gasteiger partial charge in [-0.05, 0) is 51.4 Å². The normalized spacial score (nSPS) is 19.4. The van der Waals surface area contributed by atoms with E-state index in [-0.39, 0.29) is 18.3 Å². The number of carbonyl (C=O) groups excluding carboxylic acids is 1. The Morgan fingerprint density at radius 2 is 1.87 bits per heavy atom. The van der Waals surface area contributed by atoms with Crippen LogP contribution in [0, 0.1) is 5.82 Å². The molecule has 3 heterocycles. The Morgan fingerprint density at radius 1 is 1.20 bits per heavy atom. The molecule has 2 aliphatic heterocycles. The Bertz CT molecular complexity index is 993. The van der Waals surface area contributed by atoms with E-state index in [4.69, 9.17) is 9.31 Å². The monoisotopic (exact) mass is 411 g/mol. The largest absolute Gasteiger partial charge is 0.495 e. The minimum absolute atomic E-state index is 0.165. The SMILES string of the molecule is CN(C)c1cc(B2OC(C)(C)C(C)(C)O2)cc(F)c1CN1Cc2cccnc2C1=O. The maximum atomic E-state index is 15.3. The van der Waals surface area contributed by atoms with Gasteiger partial charge in [0.25, 0.3) is 5.91 Å². The predicted molar refractivity (Wildman–Crippen MR) is 114 cm³/mol. The summed E-state index contributed by atoms with van der Waals surface area (Å²) in [4.78, 5) is 20.3. The van der Waals surface area contributed by atoms with Crippen molar-refractivity contribution in [1.29, 1.82) is 0 Å². The first-order valence-electron chi connectivity index (χ1n) is 10.1. The first-order chi connectivity index (χ1) is 14.0. The summed E-state index contributed by atoms with van der Waals surface area (Å²) in [5, 5.41) is 0. The first-order valence-corrected chi connectivity index (χ1v) is 10.1. The van der Waals surface area contributed by atoms with Crippen LogP contribution in [0.5, 0.6) is 0 Å². The average Bonchev–Trinajstić information content (AvgIpc) is 3.09. The molecule has 1 saturated heterocycles. The molecular weight excluding hydrogens is 384 g/mol. The molecule has 0 bridgehead atoms. The van der Waals surface area contributed by atoms with Gasteiger partial charge in [0.15, 0.2) is 0 Å². The van der Waals surface area contributed by atoms with Gasteiger partial charge in [0.1, 0.15) is 11.5 Å². The molecular formula is C22H27BFN3O3. The second kappa shape index (κ2) is 7.06. The highest BCUT2D eigenvalue weighted by Crippen LogP contribution is 2.37. The van der Waals surface area contributed by atoms with Gasteiger partial charge in [0.2, 0.25) is 0 Å². The number of anilines is 1. The highest BCUT2D eigenvalue weighted by Gasteiger charge is 2.52. The lowest BCUT2D eigenvalue weighted by Crippen LogP contribution is -2.41. The number of nitrogens with zero attached hydrogens (tertiary/aromatic N) is 3. The molecule has 30 heavy (non-hydrogen) atoms. The molecule has 2 aromatic rings. The van der Waals surface area contributed by atoms with E-state index in [2.05, 4.69) is 4.98 Å². The molecule has 2 aliphatic rings. The lowest BCUT2D eigenvalue weighted by Gasteiger charge is -2.32. The van der Waals surface area contributed by atoms with E-state index in [1.54, 1.807) is 17.2 Å². The van der Waals surface area contributed by atoms with E-state index < -0.39 is 18.3 Å². The van der Waals surface area contributed by atoms with Crippen molar-refractivity contribution in [3.05, 3.63) is 53.1 Å². The quantitative estimate of drug-likeness (QED) is 0.725. The topological polar surface area (TPSA) is 54.9 Å². The number of aromatic nitrogens is 1. The number of halogens is 1. The Kier molecular flexibility index (Phi) is 4.90. The molecule has 0 atom stereocenters. The van der Waals surface area contributed by atoms with Crippen LogP contribution in [0.25, 0.3) is 0 Å². The van der Waals surface area contributed by atoms with Crippen LogP contribution in [0.3, 0.4) is 0 Å². The van der Waals surface area contributed by atoms with E-state index in [1.807, 2.05) is 58.8 Å². The number of carbonyl (C=O) groups is 1. The minimum atomic E-state index is -0.654. The lowest BCUT2D eigenvalue weighted by atomic mass is 9.78. The van der Waals surface area contributed by atoms with Crippen molar-refractivity contribution in [2.24, 2.45) is 0 Å². The molecule has 0 spiro atoms. The third-order valence-electron chi connectivity index (χ3n) is 6.29. The van der Waals surface area contributed by atoms with Crippen molar-refractivity contribution in [3.8, 4) is 0 Å². The Morgan fingerprint density at radius 3 is 2.47 bits per heavy atom. The number of fused-ring (bicyclic) bond motifs is 1. The van der Waals surface area contributed by atoms with Gasteiger partial charge in [-0.25, -0.2) is 4.39 Å². The van der Waals surface area contributed by atoms with Crippen molar-refractivity contribution in [3.63, 3.8) is 0 Å². The summed E-state index contributed by atoms with van der Waals surface area (Å²) < 4.78 is 27.5. The Balaban J connectivity index is 1.65. The molecule has 1 amide bonds. The number of pyridine rings is 1. The van der Waals surface area contributed by atoms with Crippen molar-refractivity contribution >= 4 is 24.2 Å². The fraction of sp³-hybridized carbons (Fsp3) is 0.455. The molecule has 6 nitrogen and oxygen atoms in total. The van der Waals surface area contributed by atoms with Crippen molar-refractivity contribution in [2.45, 2.75) is 52.0 Å². The zero-order valence-electron chi connectivity index (χ0n) is 18.3. The summed E-state index contributed by atoms with van der Waals surface area (Å²) in [5.41, 5.74) is 2.06.